The van der Waals surface area contributed by atoms with Crippen molar-refractivity contribution >= 4 is 34.3 Å². The predicted octanol–water partition coefficient (Wildman–Crippen LogP) is 2.17. The molecule has 0 spiro atoms. The number of halogens is 3. The normalized spacial score (nSPS) is 1.40. The molecule has 0 unspecified atom stereocenters. The second-order valence-corrected chi connectivity index (χ2v) is 0. The Balaban J connectivity index is -0.00000000167. The van der Waals surface area contributed by atoms with Crippen molar-refractivity contribution in [1.29, 1.82) is 0 Å². The molecule has 0 aromatic rings. The van der Waals surface area contributed by atoms with Gasteiger partial charge in [0.2, 0.25) is 0 Å². The quantitative estimate of drug-likeness (QED) is 0.560. The number of hydrogen-bond acceptors (Lipinski definition) is 0. The van der Waals surface area contributed by atoms with E-state index < -0.39 is 0 Å². The van der Waals surface area contributed by atoms with Gasteiger partial charge in [0.05, 0.1) is 0 Å². The van der Waals surface area contributed by atoms with Gasteiger partial charge < -0.3 is 0 Å². The number of hydrogen-bond donors (Lipinski definition) is 0. The van der Waals surface area contributed by atoms with Crippen molar-refractivity contribution in [1.82, 2.24) is 0 Å². The Morgan fingerprint density at radius 1 is 1.00 bits per heavy atom. The van der Waals surface area contributed by atoms with Crippen LogP contribution in [0.5, 0.6) is 0 Å². The molecule has 41 valence electrons. The Kier molecular flexibility index (Phi) is 302. The Bertz CT molecular complexity index is 6.85. The van der Waals surface area contributed by atoms with E-state index in [4.69, 9.17) is 0 Å². The molecule has 0 bridgehead atoms. The van der Waals surface area contributed by atoms with Gasteiger partial charge in [0, 0.05) is 0 Å². The van der Waals surface area contributed by atoms with Gasteiger partial charge in [-0.2, -0.15) is 0 Å². The summed E-state index contributed by atoms with van der Waals surface area (Å²) in [5.41, 5.74) is 0. The molecule has 0 heterocycles. The van der Waals surface area contributed by atoms with Crippen molar-refractivity contribution in [2.75, 3.05) is 0 Å². The average Bonchev–Trinajstić information content (AvgIpc) is 1.00. The molecule has 0 atom stereocenters. The van der Waals surface area contributed by atoms with Gasteiger partial charge in [0.15, 0.2) is 0 Å². The van der Waals surface area contributed by atoms with E-state index in [1.54, 1.807) is 0 Å². The molecule has 0 aromatic carbocycles. The Labute approximate surface area is 59.9 Å². The summed E-state index contributed by atoms with van der Waals surface area (Å²) >= 11 is 2.22. The van der Waals surface area contributed by atoms with Crippen LogP contribution in [0.4, 0.5) is 0 Å². The van der Waals surface area contributed by atoms with Gasteiger partial charge in [-0.1, -0.05) is 7.43 Å². The van der Waals surface area contributed by atoms with Crippen molar-refractivity contribution in [2.24, 2.45) is 0 Å². The van der Waals surface area contributed by atoms with Crippen molar-refractivity contribution in [3.63, 3.8) is 0 Å². The molecule has 4 heteroatoms. The third-order valence-electron chi connectivity index (χ3n) is 0. The average molecular weight is 231 g/mol. The van der Waals surface area contributed by atoms with Crippen LogP contribution in [-0.2, 0) is 18.2 Å². The molecule has 0 nitrogen and oxygen atoms in total. The van der Waals surface area contributed by atoms with Crippen LogP contribution in [0.15, 0.2) is 0 Å². The summed E-state index contributed by atoms with van der Waals surface area (Å²) in [5, 5.41) is 0. The summed E-state index contributed by atoms with van der Waals surface area (Å²) < 4.78 is 0. The predicted molar refractivity (Wildman–Crippen MR) is 27.1 cm³/mol. The van der Waals surface area contributed by atoms with Crippen LogP contribution in [0.25, 0.3) is 0 Å². The summed E-state index contributed by atoms with van der Waals surface area (Å²) in [7, 11) is 4.49. The molecule has 0 saturated heterocycles. The zero-order valence-electron chi connectivity index (χ0n) is 1.51. The van der Waals surface area contributed by atoms with Gasteiger partial charge in [-0.25, -0.2) is 0 Å². The third kappa shape index (κ3) is 29.4. The zero-order chi connectivity index (χ0) is 2.00. The van der Waals surface area contributed by atoms with Crippen LogP contribution in [0, 0.1) is 0 Å². The summed E-state index contributed by atoms with van der Waals surface area (Å²) in [6.07, 6.45) is 0. The van der Waals surface area contributed by atoms with E-state index in [9.17, 15) is 0 Å². The van der Waals surface area contributed by atoms with E-state index in [1.807, 2.05) is 0 Å². The second-order valence-electron chi connectivity index (χ2n) is 0. The van der Waals surface area contributed by atoms with Crippen LogP contribution < -0.4 is 0 Å². The second kappa shape index (κ2) is 48.4. The molecule has 0 aromatic heterocycles. The van der Waals surface area contributed by atoms with E-state index >= 15 is 0 Å². The fourth-order valence-corrected chi connectivity index (χ4v) is 0. The van der Waals surface area contributed by atoms with Gasteiger partial charge in [-0.15, -0.1) is 24.8 Å². The first-order chi connectivity index (χ1) is 1.00. The summed E-state index contributed by atoms with van der Waals surface area (Å²) in [4.78, 5) is 0. The Hall–Kier alpha value is 1.53. The maximum absolute atomic E-state index is 4.49. The molecule has 0 N–H and O–H groups in total. The summed E-state index contributed by atoms with van der Waals surface area (Å²) in [6.45, 7) is 0. The van der Waals surface area contributed by atoms with Crippen LogP contribution in [0.1, 0.15) is 7.43 Å². The van der Waals surface area contributed by atoms with Gasteiger partial charge in [-0.3, -0.25) is 0 Å². The molecule has 5 heavy (non-hydrogen) atoms. The van der Waals surface area contributed by atoms with Crippen molar-refractivity contribution in [3.8, 4) is 0 Å². The molecule has 0 aliphatic carbocycles. The summed E-state index contributed by atoms with van der Waals surface area (Å²) in [5.74, 6) is 0. The zero-order valence-corrected chi connectivity index (χ0v) is 5.45. The van der Waals surface area contributed by atoms with Crippen LogP contribution in [0.2, 0.25) is 0 Å². The van der Waals surface area contributed by atoms with E-state index in [1.165, 1.54) is 0 Å². The first-order valence-corrected chi connectivity index (χ1v) is 2.12. The van der Waals surface area contributed by atoms with Crippen LogP contribution in [-0.4, -0.2) is 0 Å². The molecule has 0 rings (SSSR count). The topological polar surface area (TPSA) is 0 Å². The molecule has 0 saturated carbocycles. The van der Waals surface area contributed by atoms with Gasteiger partial charge >= 0.3 is 27.7 Å². The Morgan fingerprint density at radius 3 is 1.00 bits per heavy atom. The van der Waals surface area contributed by atoms with Crippen molar-refractivity contribution < 1.29 is 18.2 Å². The third-order valence-corrected chi connectivity index (χ3v) is 0. The fourth-order valence-electron chi connectivity index (χ4n) is 0. The van der Waals surface area contributed by atoms with Gasteiger partial charge in [-0.05, 0) is 0 Å². The van der Waals surface area contributed by atoms with Crippen LogP contribution in [0.3, 0.4) is 0 Å². The molecular formula is CH6Cl3Pd. The van der Waals surface area contributed by atoms with E-state index in [-0.39, 0.29) is 32.2 Å². The molecule has 0 fully saturated rings. The Morgan fingerprint density at radius 2 is 1.00 bits per heavy atom. The number of rotatable bonds is 0. The van der Waals surface area contributed by atoms with Crippen molar-refractivity contribution in [2.45, 2.75) is 7.43 Å². The van der Waals surface area contributed by atoms with Gasteiger partial charge in [0.1, 0.15) is 0 Å². The first-order valence-electron chi connectivity index (χ1n) is 0.120. The molecular weight excluding hydrogens is 225 g/mol. The molecule has 0 aliphatic rings. The minimum absolute atomic E-state index is 0. The van der Waals surface area contributed by atoms with Crippen LogP contribution >= 0.6 is 34.3 Å². The summed E-state index contributed by atoms with van der Waals surface area (Å²) in [6, 6.07) is 0. The molecule has 0 radical (unpaired) electrons. The minimum atomic E-state index is 0. The monoisotopic (exact) mass is 229 g/mol. The molecule has 0 aliphatic heterocycles. The maximum atomic E-state index is 4.49. The van der Waals surface area contributed by atoms with E-state index in [0.717, 1.165) is 0 Å². The van der Waals surface area contributed by atoms with Crippen molar-refractivity contribution in [3.05, 3.63) is 0 Å². The first kappa shape index (κ1) is 31.2. The molecule has 0 amide bonds. The van der Waals surface area contributed by atoms with E-state index in [0.29, 0.717) is 0 Å². The SMILES string of the molecule is C.Cl.Cl.[Cl][Pd]. The fraction of sp³-hybridized carbons (Fsp3) is 1.00. The standard InChI is InChI=1S/CH4.3ClH.Pd/h1H4;3*1H;/q;;;;+1/p-1. The van der Waals surface area contributed by atoms with E-state index in [2.05, 4.69) is 27.7 Å². The van der Waals surface area contributed by atoms with Gasteiger partial charge in [0.25, 0.3) is 0 Å².